The molecular weight excluding hydrogens is 268 g/mol. The number of carbonyl (C=O) groups is 2. The van der Waals surface area contributed by atoms with E-state index in [1.165, 1.54) is 0 Å². The molecule has 1 atom stereocenters. The summed E-state index contributed by atoms with van der Waals surface area (Å²) in [5.41, 5.74) is 0.755. The lowest BCUT2D eigenvalue weighted by molar-refractivity contribution is -0.137. The van der Waals surface area contributed by atoms with Crippen LogP contribution in [0.1, 0.15) is 31.4 Å². The van der Waals surface area contributed by atoms with E-state index in [2.05, 4.69) is 4.98 Å². The molecule has 1 unspecified atom stereocenters. The number of carboxylic acid groups (broad SMARTS) is 1. The van der Waals surface area contributed by atoms with Gasteiger partial charge in [0.05, 0.1) is 5.69 Å². The summed E-state index contributed by atoms with van der Waals surface area (Å²) in [7, 11) is 0. The van der Waals surface area contributed by atoms with Crippen LogP contribution < -0.4 is 0 Å². The average Bonchev–Trinajstić information content (AvgIpc) is 2.52. The second-order valence-electron chi connectivity index (χ2n) is 5.31. The Morgan fingerprint density at radius 2 is 2.29 bits per heavy atom. The zero-order valence-corrected chi connectivity index (χ0v) is 11.9. The van der Waals surface area contributed by atoms with Gasteiger partial charge in [0.25, 0.3) is 0 Å². The highest BCUT2D eigenvalue weighted by molar-refractivity contribution is 5.91. The summed E-state index contributed by atoms with van der Waals surface area (Å²) in [5, 5.41) is 8.73. The molecule has 1 aromatic rings. The minimum absolute atomic E-state index is 0.0271. The van der Waals surface area contributed by atoms with Crippen molar-refractivity contribution in [2.24, 2.45) is 5.92 Å². The fraction of sp³-hybridized carbons (Fsp3) is 0.438. The van der Waals surface area contributed by atoms with Gasteiger partial charge >= 0.3 is 5.97 Å². The van der Waals surface area contributed by atoms with Crippen LogP contribution in [0.15, 0.2) is 30.5 Å². The molecule has 1 aliphatic heterocycles. The molecule has 21 heavy (non-hydrogen) atoms. The lowest BCUT2D eigenvalue weighted by atomic mass is 9.93. The maximum absolute atomic E-state index is 12.2. The molecule has 5 heteroatoms. The topological polar surface area (TPSA) is 70.5 Å². The maximum atomic E-state index is 12.2. The molecule has 0 aliphatic carbocycles. The quantitative estimate of drug-likeness (QED) is 0.843. The average molecular weight is 288 g/mol. The number of aliphatic carboxylic acids is 1. The van der Waals surface area contributed by atoms with Crippen molar-refractivity contribution in [2.75, 3.05) is 13.1 Å². The van der Waals surface area contributed by atoms with Crippen LogP contribution in [-0.2, 0) is 9.59 Å². The van der Waals surface area contributed by atoms with Crippen LogP contribution in [0.25, 0.3) is 6.08 Å². The Labute approximate surface area is 124 Å². The molecule has 5 nitrogen and oxygen atoms in total. The number of aromatic nitrogens is 1. The number of nitrogens with zero attached hydrogens (tertiary/aromatic N) is 2. The molecule has 1 N–H and O–H groups in total. The van der Waals surface area contributed by atoms with Crippen molar-refractivity contribution in [3.8, 4) is 0 Å². The Morgan fingerprint density at radius 1 is 1.43 bits per heavy atom. The van der Waals surface area contributed by atoms with E-state index >= 15 is 0 Å². The van der Waals surface area contributed by atoms with Crippen molar-refractivity contribution in [1.29, 1.82) is 0 Å². The van der Waals surface area contributed by atoms with Crippen LogP contribution in [0.5, 0.6) is 0 Å². The number of hydrogen-bond acceptors (Lipinski definition) is 3. The van der Waals surface area contributed by atoms with Gasteiger partial charge in [-0.2, -0.15) is 0 Å². The predicted octanol–water partition coefficient (Wildman–Crippen LogP) is 2.20. The monoisotopic (exact) mass is 288 g/mol. The van der Waals surface area contributed by atoms with E-state index in [1.54, 1.807) is 23.2 Å². The Balaban J connectivity index is 1.87. The third kappa shape index (κ3) is 5.02. The molecule has 1 amide bonds. The smallest absolute Gasteiger partial charge is 0.303 e. The predicted molar refractivity (Wildman–Crippen MR) is 79.4 cm³/mol. The van der Waals surface area contributed by atoms with Crippen molar-refractivity contribution >= 4 is 18.0 Å². The normalized spacial score (nSPS) is 18.9. The zero-order valence-electron chi connectivity index (χ0n) is 11.9. The summed E-state index contributed by atoms with van der Waals surface area (Å²) in [6.45, 7) is 1.40. The Hall–Kier alpha value is -2.17. The second-order valence-corrected chi connectivity index (χ2v) is 5.31. The first kappa shape index (κ1) is 15.2. The first-order valence-electron chi connectivity index (χ1n) is 7.25. The van der Waals surface area contributed by atoms with Crippen LogP contribution in [-0.4, -0.2) is 40.0 Å². The first-order chi connectivity index (χ1) is 10.1. The van der Waals surface area contributed by atoms with E-state index in [0.29, 0.717) is 18.9 Å². The van der Waals surface area contributed by atoms with E-state index in [-0.39, 0.29) is 12.3 Å². The maximum Gasteiger partial charge on any atom is 0.303 e. The van der Waals surface area contributed by atoms with Gasteiger partial charge < -0.3 is 10.0 Å². The van der Waals surface area contributed by atoms with Crippen LogP contribution in [0.2, 0.25) is 0 Å². The van der Waals surface area contributed by atoms with E-state index in [9.17, 15) is 9.59 Å². The SMILES string of the molecule is O=C(O)CCC1CCCN(C(=O)/C=C/c2ccccn2)C1. The standard InChI is InChI=1S/C16H20N2O3/c19-15(8-7-14-5-1-2-10-17-14)18-11-3-4-13(12-18)6-9-16(20)21/h1-2,5,7-8,10,13H,3-4,6,9,11-12H2,(H,20,21)/b8-7+. The molecule has 2 rings (SSSR count). The Morgan fingerprint density at radius 3 is 3.00 bits per heavy atom. The minimum atomic E-state index is -0.770. The molecule has 0 radical (unpaired) electrons. The number of likely N-dealkylation sites (tertiary alicyclic amines) is 1. The number of rotatable bonds is 5. The fourth-order valence-electron chi connectivity index (χ4n) is 2.57. The van der Waals surface area contributed by atoms with Crippen LogP contribution >= 0.6 is 0 Å². The first-order valence-corrected chi connectivity index (χ1v) is 7.25. The Bertz CT molecular complexity index is 514. The molecule has 0 aromatic carbocycles. The summed E-state index contributed by atoms with van der Waals surface area (Å²) in [6, 6.07) is 5.55. The van der Waals surface area contributed by atoms with Gasteiger partial charge in [0.15, 0.2) is 0 Å². The van der Waals surface area contributed by atoms with Gasteiger partial charge in [0, 0.05) is 31.8 Å². The molecule has 1 aliphatic rings. The lowest BCUT2D eigenvalue weighted by Gasteiger charge is -2.31. The summed E-state index contributed by atoms with van der Waals surface area (Å²) in [5.74, 6) is -0.503. The van der Waals surface area contributed by atoms with Gasteiger partial charge in [-0.05, 0) is 43.4 Å². The van der Waals surface area contributed by atoms with E-state index < -0.39 is 5.97 Å². The molecule has 2 heterocycles. The molecule has 0 saturated carbocycles. The van der Waals surface area contributed by atoms with Gasteiger partial charge in [-0.25, -0.2) is 0 Å². The number of amides is 1. The minimum Gasteiger partial charge on any atom is -0.481 e. The van der Waals surface area contributed by atoms with Crippen molar-refractivity contribution in [3.05, 3.63) is 36.2 Å². The molecule has 112 valence electrons. The fourth-order valence-corrected chi connectivity index (χ4v) is 2.57. The molecule has 1 saturated heterocycles. The van der Waals surface area contributed by atoms with E-state index in [0.717, 1.165) is 25.1 Å². The van der Waals surface area contributed by atoms with Crippen molar-refractivity contribution < 1.29 is 14.7 Å². The molecule has 0 spiro atoms. The van der Waals surface area contributed by atoms with Crippen molar-refractivity contribution in [2.45, 2.75) is 25.7 Å². The highest BCUT2D eigenvalue weighted by atomic mass is 16.4. The number of hydrogen-bond donors (Lipinski definition) is 1. The molecule has 1 fully saturated rings. The van der Waals surface area contributed by atoms with Crippen molar-refractivity contribution in [3.63, 3.8) is 0 Å². The van der Waals surface area contributed by atoms with Crippen LogP contribution in [0.4, 0.5) is 0 Å². The van der Waals surface area contributed by atoms with Gasteiger partial charge in [-0.3, -0.25) is 14.6 Å². The number of pyridine rings is 1. The highest BCUT2D eigenvalue weighted by Gasteiger charge is 2.22. The number of carbonyl (C=O) groups excluding carboxylic acids is 1. The molecule has 0 bridgehead atoms. The van der Waals surface area contributed by atoms with Gasteiger partial charge in [0.1, 0.15) is 0 Å². The molecule has 1 aromatic heterocycles. The highest BCUT2D eigenvalue weighted by Crippen LogP contribution is 2.21. The van der Waals surface area contributed by atoms with Gasteiger partial charge in [0.2, 0.25) is 5.91 Å². The third-order valence-electron chi connectivity index (χ3n) is 3.68. The van der Waals surface area contributed by atoms with Gasteiger partial charge in [-0.1, -0.05) is 6.07 Å². The third-order valence-corrected chi connectivity index (χ3v) is 3.68. The van der Waals surface area contributed by atoms with E-state index in [1.807, 2.05) is 18.2 Å². The summed E-state index contributed by atoms with van der Waals surface area (Å²) < 4.78 is 0. The van der Waals surface area contributed by atoms with Gasteiger partial charge in [-0.15, -0.1) is 0 Å². The largest absolute Gasteiger partial charge is 0.481 e. The summed E-state index contributed by atoms with van der Waals surface area (Å²) in [6.07, 6.45) is 7.70. The lowest BCUT2D eigenvalue weighted by Crippen LogP contribution is -2.39. The zero-order chi connectivity index (χ0) is 15.1. The number of carboxylic acids is 1. The molecular formula is C16H20N2O3. The number of piperidine rings is 1. The van der Waals surface area contributed by atoms with Crippen molar-refractivity contribution in [1.82, 2.24) is 9.88 Å². The second kappa shape index (κ2) is 7.57. The Kier molecular flexibility index (Phi) is 5.49. The van der Waals surface area contributed by atoms with Crippen LogP contribution in [0.3, 0.4) is 0 Å². The summed E-state index contributed by atoms with van der Waals surface area (Å²) >= 11 is 0. The van der Waals surface area contributed by atoms with E-state index in [4.69, 9.17) is 5.11 Å². The summed E-state index contributed by atoms with van der Waals surface area (Å²) in [4.78, 5) is 28.7. The van der Waals surface area contributed by atoms with Crippen LogP contribution in [0, 0.1) is 5.92 Å².